The van der Waals surface area contributed by atoms with Crippen LogP contribution in [-0.2, 0) is 12.2 Å². The van der Waals surface area contributed by atoms with Crippen molar-refractivity contribution in [2.75, 3.05) is 0 Å². The van der Waals surface area contributed by atoms with Crippen molar-refractivity contribution in [3.63, 3.8) is 0 Å². The minimum absolute atomic E-state index is 0.0898. The topological polar surface area (TPSA) is 111 Å². The van der Waals surface area contributed by atoms with E-state index in [0.717, 1.165) is 29.7 Å². The normalized spacial score (nSPS) is 20.2. The summed E-state index contributed by atoms with van der Waals surface area (Å²) in [4.78, 5) is 11.9. The van der Waals surface area contributed by atoms with Gasteiger partial charge in [0.2, 0.25) is 0 Å². The van der Waals surface area contributed by atoms with E-state index in [2.05, 4.69) is 10.6 Å². The number of aromatic nitrogens is 1. The van der Waals surface area contributed by atoms with Crippen molar-refractivity contribution < 1.29 is 19.2 Å². The van der Waals surface area contributed by atoms with Crippen LogP contribution in [0.15, 0.2) is 65.2 Å². The first-order chi connectivity index (χ1) is 19.3. The van der Waals surface area contributed by atoms with Crippen LogP contribution in [0.5, 0.6) is 5.75 Å². The van der Waals surface area contributed by atoms with E-state index in [1.807, 2.05) is 12.1 Å². The van der Waals surface area contributed by atoms with Gasteiger partial charge < -0.3 is 14.4 Å². The van der Waals surface area contributed by atoms with E-state index in [-0.39, 0.29) is 18.4 Å². The number of rotatable bonds is 8. The van der Waals surface area contributed by atoms with Gasteiger partial charge in [-0.3, -0.25) is 10.2 Å². The molecule has 2 aliphatic carbocycles. The monoisotopic (exact) mass is 597 g/mol. The van der Waals surface area contributed by atoms with Crippen LogP contribution in [0, 0.1) is 0 Å². The average molecular weight is 599 g/mol. The van der Waals surface area contributed by atoms with Gasteiger partial charge in [-0.1, -0.05) is 64.2 Å². The molecule has 3 aromatic carbocycles. The molecule has 6 rings (SSSR count). The van der Waals surface area contributed by atoms with Crippen molar-refractivity contribution in [3.05, 3.63) is 104 Å². The van der Waals surface area contributed by atoms with E-state index >= 15 is 0 Å². The molecular weight excluding hydrogens is 573 g/mol. The first kappa shape index (κ1) is 27.1. The van der Waals surface area contributed by atoms with Crippen LogP contribution in [-0.4, -0.2) is 16.2 Å². The first-order valence-corrected chi connectivity index (χ1v) is 14.1. The Balaban J connectivity index is 1.18. The summed E-state index contributed by atoms with van der Waals surface area (Å²) in [5.74, 6) is 6.64. The first-order valence-electron chi connectivity index (χ1n) is 13.0. The van der Waals surface area contributed by atoms with Gasteiger partial charge in [-0.2, -0.15) is 0 Å². The van der Waals surface area contributed by atoms with Gasteiger partial charge in [-0.15, -0.1) is 0 Å². The number of hydrogen-bond donors (Lipinski definition) is 3. The van der Waals surface area contributed by atoms with E-state index in [9.17, 15) is 9.90 Å². The van der Waals surface area contributed by atoms with E-state index in [1.54, 1.807) is 48.5 Å². The van der Waals surface area contributed by atoms with Gasteiger partial charge in [-0.05, 0) is 73.6 Å². The number of nitrogens with one attached hydrogen (secondary N) is 1. The van der Waals surface area contributed by atoms with Gasteiger partial charge in [0, 0.05) is 22.6 Å². The summed E-state index contributed by atoms with van der Waals surface area (Å²) in [7, 11) is 0. The molecule has 2 aliphatic rings. The molecule has 0 unspecified atom stereocenters. The Morgan fingerprint density at radius 1 is 1.02 bits per heavy atom. The van der Waals surface area contributed by atoms with Crippen LogP contribution in [0.25, 0.3) is 11.3 Å². The molecule has 0 saturated heterocycles. The molecule has 0 bridgehead atoms. The number of ether oxygens (including phenoxy) is 1. The number of amides is 1. The summed E-state index contributed by atoms with van der Waals surface area (Å²) in [5.41, 5.74) is 5.16. The Morgan fingerprint density at radius 2 is 1.75 bits per heavy atom. The Bertz CT molecular complexity index is 1570. The number of hydrazine groups is 1. The van der Waals surface area contributed by atoms with Crippen LogP contribution in [0.1, 0.15) is 70.3 Å². The molecule has 2 fully saturated rings. The fourth-order valence-electron chi connectivity index (χ4n) is 5.40. The maximum Gasteiger partial charge on any atom is 0.265 e. The maximum absolute atomic E-state index is 11.9. The molecule has 0 atom stereocenters. The largest absolute Gasteiger partial charge is 0.489 e. The van der Waals surface area contributed by atoms with Gasteiger partial charge in [0.1, 0.15) is 23.8 Å². The molecule has 206 valence electrons. The molecule has 1 amide bonds. The number of benzene rings is 3. The summed E-state index contributed by atoms with van der Waals surface area (Å²) in [6.07, 6.45) is 3.02. The molecule has 1 aromatic heterocycles. The summed E-state index contributed by atoms with van der Waals surface area (Å²) in [6, 6.07) is 17.9. The third-order valence-electron chi connectivity index (χ3n) is 7.71. The molecule has 7 nitrogen and oxygen atoms in total. The van der Waals surface area contributed by atoms with E-state index in [4.69, 9.17) is 49.9 Å². The summed E-state index contributed by atoms with van der Waals surface area (Å²) < 4.78 is 11.9. The van der Waals surface area contributed by atoms with Gasteiger partial charge in [0.05, 0.1) is 26.2 Å². The SMILES string of the molecule is NNC(=O)c1cccc(C2CC(O)(c3ccc(OCc4c(-c5c(Cl)cccc5Cl)noc4C4CC4)cc3Cl)C2)c1. The second kappa shape index (κ2) is 10.7. The predicted octanol–water partition coefficient (Wildman–Crippen LogP) is 7.13. The second-order valence-electron chi connectivity index (χ2n) is 10.4. The van der Waals surface area contributed by atoms with Crippen LogP contribution in [0.2, 0.25) is 15.1 Å². The zero-order chi connectivity index (χ0) is 28.0. The number of halogens is 3. The molecule has 10 heteroatoms. The molecule has 40 heavy (non-hydrogen) atoms. The highest BCUT2D eigenvalue weighted by atomic mass is 35.5. The number of aliphatic hydroxyl groups is 1. The predicted molar refractivity (Wildman–Crippen MR) is 154 cm³/mol. The fraction of sp³-hybridized carbons (Fsp3) is 0.267. The molecule has 4 N–H and O–H groups in total. The van der Waals surface area contributed by atoms with E-state index in [1.165, 1.54) is 0 Å². The molecule has 4 aromatic rings. The molecule has 0 radical (unpaired) electrons. The van der Waals surface area contributed by atoms with Crippen LogP contribution in [0.3, 0.4) is 0 Å². The highest BCUT2D eigenvalue weighted by molar-refractivity contribution is 6.39. The zero-order valence-electron chi connectivity index (χ0n) is 21.3. The minimum Gasteiger partial charge on any atom is -0.489 e. The Kier molecular flexibility index (Phi) is 7.27. The van der Waals surface area contributed by atoms with E-state index < -0.39 is 5.60 Å². The summed E-state index contributed by atoms with van der Waals surface area (Å²) >= 11 is 19.6. The Hall–Kier alpha value is -3.07. The molecule has 0 spiro atoms. The lowest BCUT2D eigenvalue weighted by molar-refractivity contribution is -0.0549. The second-order valence-corrected chi connectivity index (χ2v) is 11.6. The fourth-order valence-corrected chi connectivity index (χ4v) is 6.32. The zero-order valence-corrected chi connectivity index (χ0v) is 23.6. The molecule has 2 saturated carbocycles. The Morgan fingerprint density at radius 3 is 2.42 bits per heavy atom. The highest BCUT2D eigenvalue weighted by Gasteiger charge is 2.45. The Labute approximate surface area is 246 Å². The maximum atomic E-state index is 11.9. The van der Waals surface area contributed by atoms with Gasteiger partial charge in [0.25, 0.3) is 5.91 Å². The number of nitrogens with zero attached hydrogens (tertiary/aromatic N) is 1. The van der Waals surface area contributed by atoms with Gasteiger partial charge in [0.15, 0.2) is 0 Å². The highest BCUT2D eigenvalue weighted by Crippen LogP contribution is 2.53. The summed E-state index contributed by atoms with van der Waals surface area (Å²) in [6.45, 7) is 0.195. The molecular formula is C30H26Cl3N3O4. The van der Waals surface area contributed by atoms with Crippen LogP contribution < -0.4 is 16.0 Å². The van der Waals surface area contributed by atoms with Crippen molar-refractivity contribution in [1.29, 1.82) is 0 Å². The van der Waals surface area contributed by atoms with Crippen molar-refractivity contribution in [1.82, 2.24) is 10.6 Å². The quantitative estimate of drug-likeness (QED) is 0.113. The number of carbonyl (C=O) groups excluding carboxylic acids is 1. The number of carbonyl (C=O) groups is 1. The van der Waals surface area contributed by atoms with Crippen LogP contribution in [0.4, 0.5) is 0 Å². The minimum atomic E-state index is -1.08. The number of nitrogens with two attached hydrogens (primary N) is 1. The average Bonchev–Trinajstić information content (AvgIpc) is 3.69. The lowest BCUT2D eigenvalue weighted by Gasteiger charge is -2.45. The van der Waals surface area contributed by atoms with Crippen molar-refractivity contribution in [2.24, 2.45) is 5.84 Å². The van der Waals surface area contributed by atoms with E-state index in [0.29, 0.717) is 62.0 Å². The molecule has 0 aliphatic heterocycles. The summed E-state index contributed by atoms with van der Waals surface area (Å²) in [5, 5.41) is 17.0. The lowest BCUT2D eigenvalue weighted by atomic mass is 9.65. The molecule has 1 heterocycles. The third-order valence-corrected chi connectivity index (χ3v) is 8.65. The standard InChI is InChI=1S/C30H26Cl3N3O4/c31-23-5-2-6-24(32)26(23)27-21(28(40-36-27)16-7-8-16)15-39-20-9-10-22(25(33)12-20)30(38)13-19(14-30)17-3-1-4-18(11-17)29(37)35-34/h1-6,9-12,16,19,38H,7-8,13-15,34H2,(H,35,37). The lowest BCUT2D eigenvalue weighted by Crippen LogP contribution is -2.40. The third kappa shape index (κ3) is 5.08. The van der Waals surface area contributed by atoms with Crippen molar-refractivity contribution >= 4 is 40.7 Å². The number of nitrogen functional groups attached to an aromatic ring is 1. The van der Waals surface area contributed by atoms with Crippen molar-refractivity contribution in [3.8, 4) is 17.0 Å². The van der Waals surface area contributed by atoms with Gasteiger partial charge >= 0.3 is 0 Å². The van der Waals surface area contributed by atoms with Crippen LogP contribution >= 0.6 is 34.8 Å². The van der Waals surface area contributed by atoms with Gasteiger partial charge in [-0.25, -0.2) is 5.84 Å². The van der Waals surface area contributed by atoms with Crippen molar-refractivity contribution in [2.45, 2.75) is 49.7 Å². The smallest absolute Gasteiger partial charge is 0.265 e. The number of hydrogen-bond acceptors (Lipinski definition) is 6.